The topological polar surface area (TPSA) is 70.2 Å². The summed E-state index contributed by atoms with van der Waals surface area (Å²) in [5.41, 5.74) is 0. The smallest absolute Gasteiger partial charge is 0.242 e. The number of hydrogen-bond donors (Lipinski definition) is 3. The fourth-order valence-corrected chi connectivity index (χ4v) is 1.49. The van der Waals surface area contributed by atoms with Crippen LogP contribution in [0.3, 0.4) is 0 Å². The van der Waals surface area contributed by atoms with Gasteiger partial charge in [-0.3, -0.25) is 9.59 Å². The van der Waals surface area contributed by atoms with E-state index in [9.17, 15) is 9.59 Å². The zero-order chi connectivity index (χ0) is 10.6. The van der Waals surface area contributed by atoms with Gasteiger partial charge in [0.1, 0.15) is 6.04 Å². The molecular formula is C9H17N3O2. The van der Waals surface area contributed by atoms with Gasteiger partial charge in [-0.25, -0.2) is 0 Å². The maximum absolute atomic E-state index is 11.5. The quantitative estimate of drug-likeness (QED) is 0.537. The Kier molecular flexibility index (Phi) is 3.88. The minimum absolute atomic E-state index is 0.0158. The van der Waals surface area contributed by atoms with Crippen LogP contribution in [-0.2, 0) is 9.59 Å². The van der Waals surface area contributed by atoms with Gasteiger partial charge < -0.3 is 16.0 Å². The fraction of sp³-hybridized carbons (Fsp3) is 0.778. The zero-order valence-corrected chi connectivity index (χ0v) is 8.59. The molecule has 0 aromatic heterocycles. The van der Waals surface area contributed by atoms with E-state index in [2.05, 4.69) is 16.0 Å². The first kappa shape index (κ1) is 11.0. The van der Waals surface area contributed by atoms with Crippen molar-refractivity contribution in [3.8, 4) is 0 Å². The van der Waals surface area contributed by atoms with Crippen molar-refractivity contribution in [1.82, 2.24) is 16.0 Å². The molecule has 1 fully saturated rings. The predicted molar refractivity (Wildman–Crippen MR) is 52.6 cm³/mol. The van der Waals surface area contributed by atoms with Crippen molar-refractivity contribution in [2.45, 2.75) is 19.4 Å². The first-order chi connectivity index (χ1) is 6.65. The number of carbonyl (C=O) groups excluding carboxylic acids is 2. The molecule has 0 aromatic rings. The van der Waals surface area contributed by atoms with E-state index < -0.39 is 6.04 Å². The van der Waals surface area contributed by atoms with Gasteiger partial charge in [0.2, 0.25) is 11.8 Å². The van der Waals surface area contributed by atoms with Gasteiger partial charge in [0.05, 0.1) is 5.92 Å². The van der Waals surface area contributed by atoms with Crippen molar-refractivity contribution in [2.24, 2.45) is 5.92 Å². The third-order valence-corrected chi connectivity index (χ3v) is 2.43. The highest BCUT2D eigenvalue weighted by Gasteiger charge is 2.24. The molecule has 1 aliphatic rings. The second-order valence-corrected chi connectivity index (χ2v) is 3.53. The molecule has 0 aromatic carbocycles. The lowest BCUT2D eigenvalue weighted by atomic mass is 10.1. The number of hydrogen-bond acceptors (Lipinski definition) is 3. The molecule has 0 saturated carbocycles. The van der Waals surface area contributed by atoms with Crippen molar-refractivity contribution in [3.05, 3.63) is 0 Å². The minimum Gasteiger partial charge on any atom is -0.357 e. The van der Waals surface area contributed by atoms with Crippen molar-refractivity contribution >= 4 is 11.8 Å². The van der Waals surface area contributed by atoms with E-state index in [0.29, 0.717) is 6.54 Å². The van der Waals surface area contributed by atoms with Gasteiger partial charge in [0.15, 0.2) is 0 Å². The van der Waals surface area contributed by atoms with E-state index in [0.717, 1.165) is 13.0 Å². The third kappa shape index (κ3) is 2.70. The van der Waals surface area contributed by atoms with Crippen LogP contribution in [0.4, 0.5) is 0 Å². The highest BCUT2D eigenvalue weighted by atomic mass is 16.2. The first-order valence-electron chi connectivity index (χ1n) is 4.88. The van der Waals surface area contributed by atoms with Gasteiger partial charge in [-0.1, -0.05) is 0 Å². The number of carbonyl (C=O) groups is 2. The number of nitrogens with one attached hydrogen (secondary N) is 3. The van der Waals surface area contributed by atoms with Crippen LogP contribution in [0, 0.1) is 5.92 Å². The highest BCUT2D eigenvalue weighted by Crippen LogP contribution is 2.07. The maximum atomic E-state index is 11.5. The maximum Gasteiger partial charge on any atom is 0.242 e. The lowest BCUT2D eigenvalue weighted by Gasteiger charge is -2.15. The normalized spacial score (nSPS) is 22.9. The molecule has 2 amide bonds. The molecule has 5 heteroatoms. The number of amides is 2. The summed E-state index contributed by atoms with van der Waals surface area (Å²) in [7, 11) is 1.56. The number of likely N-dealkylation sites (N-methyl/N-ethyl adjacent to an activating group) is 1. The van der Waals surface area contributed by atoms with Crippen LogP contribution in [0.15, 0.2) is 0 Å². The molecule has 80 valence electrons. The summed E-state index contributed by atoms with van der Waals surface area (Å²) in [4.78, 5) is 22.7. The van der Waals surface area contributed by atoms with E-state index in [1.165, 1.54) is 0 Å². The van der Waals surface area contributed by atoms with Gasteiger partial charge in [-0.2, -0.15) is 0 Å². The van der Waals surface area contributed by atoms with Crippen molar-refractivity contribution in [1.29, 1.82) is 0 Å². The Morgan fingerprint density at radius 2 is 2.21 bits per heavy atom. The molecule has 0 spiro atoms. The Balaban J connectivity index is 2.35. The van der Waals surface area contributed by atoms with Gasteiger partial charge in [-0.15, -0.1) is 0 Å². The summed E-state index contributed by atoms with van der Waals surface area (Å²) in [6, 6.07) is -0.451. The lowest BCUT2D eigenvalue weighted by Crippen LogP contribution is -2.46. The molecule has 5 nitrogen and oxygen atoms in total. The van der Waals surface area contributed by atoms with E-state index in [-0.39, 0.29) is 17.7 Å². The van der Waals surface area contributed by atoms with Crippen molar-refractivity contribution in [2.75, 3.05) is 20.1 Å². The molecule has 1 heterocycles. The molecule has 0 unspecified atom stereocenters. The van der Waals surface area contributed by atoms with Crippen LogP contribution >= 0.6 is 0 Å². The molecule has 0 radical (unpaired) electrons. The van der Waals surface area contributed by atoms with Crippen LogP contribution < -0.4 is 16.0 Å². The molecule has 1 rings (SSSR count). The van der Waals surface area contributed by atoms with Gasteiger partial charge in [0.25, 0.3) is 0 Å². The van der Waals surface area contributed by atoms with Gasteiger partial charge >= 0.3 is 0 Å². The predicted octanol–water partition coefficient (Wildman–Crippen LogP) is -1.15. The van der Waals surface area contributed by atoms with Gasteiger partial charge in [-0.05, 0) is 19.9 Å². The van der Waals surface area contributed by atoms with Crippen molar-refractivity contribution < 1.29 is 9.59 Å². The van der Waals surface area contributed by atoms with Crippen LogP contribution in [0.2, 0.25) is 0 Å². The average Bonchev–Trinajstić information content (AvgIpc) is 2.69. The molecule has 14 heavy (non-hydrogen) atoms. The Morgan fingerprint density at radius 3 is 2.71 bits per heavy atom. The van der Waals surface area contributed by atoms with Crippen LogP contribution in [-0.4, -0.2) is 38.0 Å². The summed E-state index contributed by atoms with van der Waals surface area (Å²) in [6.07, 6.45) is 0.853. The van der Waals surface area contributed by atoms with Gasteiger partial charge in [0, 0.05) is 13.6 Å². The van der Waals surface area contributed by atoms with E-state index in [1.54, 1.807) is 14.0 Å². The molecule has 1 saturated heterocycles. The number of rotatable bonds is 3. The monoisotopic (exact) mass is 199 g/mol. The summed E-state index contributed by atoms with van der Waals surface area (Å²) in [6.45, 7) is 3.28. The molecule has 0 aliphatic carbocycles. The standard InChI is InChI=1S/C9H17N3O2/c1-6(8(13)10-2)12-9(14)7-3-4-11-5-7/h6-7,11H,3-5H2,1-2H3,(H,10,13)(H,12,14)/t6-,7+/m0/s1. The largest absolute Gasteiger partial charge is 0.357 e. The summed E-state index contributed by atoms with van der Waals surface area (Å²) in [5, 5.41) is 8.28. The third-order valence-electron chi connectivity index (χ3n) is 2.43. The average molecular weight is 199 g/mol. The second-order valence-electron chi connectivity index (χ2n) is 3.53. The first-order valence-corrected chi connectivity index (χ1v) is 4.88. The Morgan fingerprint density at radius 1 is 1.50 bits per heavy atom. The molecule has 1 aliphatic heterocycles. The molecule has 0 bridgehead atoms. The Labute approximate surface area is 83.6 Å². The zero-order valence-electron chi connectivity index (χ0n) is 8.59. The van der Waals surface area contributed by atoms with Crippen molar-refractivity contribution in [3.63, 3.8) is 0 Å². The molecular weight excluding hydrogens is 182 g/mol. The fourth-order valence-electron chi connectivity index (χ4n) is 1.49. The SMILES string of the molecule is CNC(=O)[C@H](C)NC(=O)[C@@H]1CCNC1. The van der Waals surface area contributed by atoms with Crippen LogP contribution in [0.25, 0.3) is 0 Å². The lowest BCUT2D eigenvalue weighted by molar-refractivity contribution is -0.130. The van der Waals surface area contributed by atoms with E-state index in [1.807, 2.05) is 0 Å². The second kappa shape index (κ2) is 4.95. The Hall–Kier alpha value is -1.10. The highest BCUT2D eigenvalue weighted by molar-refractivity contribution is 5.88. The summed E-state index contributed by atoms with van der Waals surface area (Å²) < 4.78 is 0. The summed E-state index contributed by atoms with van der Waals surface area (Å²) in [5.74, 6) is -0.183. The van der Waals surface area contributed by atoms with Crippen LogP contribution in [0.1, 0.15) is 13.3 Å². The Bertz CT molecular complexity index is 224. The molecule has 2 atom stereocenters. The van der Waals surface area contributed by atoms with Crippen LogP contribution in [0.5, 0.6) is 0 Å². The molecule has 3 N–H and O–H groups in total. The van der Waals surface area contributed by atoms with E-state index in [4.69, 9.17) is 0 Å². The summed E-state index contributed by atoms with van der Waals surface area (Å²) >= 11 is 0. The van der Waals surface area contributed by atoms with E-state index >= 15 is 0 Å². The minimum atomic E-state index is -0.451.